The summed E-state index contributed by atoms with van der Waals surface area (Å²) in [5.74, 6) is 0.382. The molecule has 11 heteroatoms. The minimum atomic E-state index is -3.75. The van der Waals surface area contributed by atoms with Gasteiger partial charge in [0.2, 0.25) is 15.0 Å². The van der Waals surface area contributed by atoms with Crippen LogP contribution in [0.5, 0.6) is 0 Å². The first-order valence-electron chi connectivity index (χ1n) is 7.41. The van der Waals surface area contributed by atoms with Crippen molar-refractivity contribution in [2.24, 2.45) is 0 Å². The third kappa shape index (κ3) is 4.33. The van der Waals surface area contributed by atoms with Crippen molar-refractivity contribution in [2.75, 3.05) is 19.4 Å². The van der Waals surface area contributed by atoms with E-state index in [0.29, 0.717) is 22.5 Å². The fourth-order valence-corrected chi connectivity index (χ4v) is 4.11. The van der Waals surface area contributed by atoms with Gasteiger partial charge in [0.05, 0.1) is 23.8 Å². The number of benzene rings is 1. The Morgan fingerprint density at radius 3 is 2.46 bits per heavy atom. The molecule has 1 aromatic carbocycles. The van der Waals surface area contributed by atoms with Crippen molar-refractivity contribution in [1.82, 2.24) is 25.1 Å². The summed E-state index contributed by atoms with van der Waals surface area (Å²) in [6, 6.07) is 5.88. The zero-order valence-corrected chi connectivity index (χ0v) is 16.3. The van der Waals surface area contributed by atoms with E-state index in [-0.39, 0.29) is 9.92 Å². The van der Waals surface area contributed by atoms with Gasteiger partial charge in [-0.2, -0.15) is 0 Å². The third-order valence-electron chi connectivity index (χ3n) is 3.18. The lowest BCUT2D eigenvalue weighted by atomic mass is 10.4. The van der Waals surface area contributed by atoms with Crippen molar-refractivity contribution in [1.29, 1.82) is 0 Å². The lowest BCUT2D eigenvalue weighted by molar-refractivity contribution is 0.400. The summed E-state index contributed by atoms with van der Waals surface area (Å²) in [5, 5.41) is 12.8. The molecule has 0 fully saturated rings. The lowest BCUT2D eigenvalue weighted by Gasteiger charge is -2.05. The molecule has 0 saturated carbocycles. The molecule has 1 N–H and O–H groups in total. The average molecular weight is 411 g/mol. The van der Waals surface area contributed by atoms with Gasteiger partial charge < -0.3 is 10.2 Å². The second kappa shape index (κ2) is 7.62. The van der Waals surface area contributed by atoms with Crippen molar-refractivity contribution in [3.63, 3.8) is 0 Å². The van der Waals surface area contributed by atoms with Crippen molar-refractivity contribution < 1.29 is 8.42 Å². The molecule has 2 heterocycles. The van der Waals surface area contributed by atoms with Crippen LogP contribution < -0.4 is 5.32 Å². The standard InChI is InChI=1S/C15H15ClN6O2S2/c1-22(2)9-13-20-21-15(25-13)19-12-7-18-14(8-17-12)26(23,24)11-5-3-10(16)4-6-11/h3-8H,9H2,1-2H3,(H,17,19,21). The first-order chi connectivity index (χ1) is 12.3. The van der Waals surface area contributed by atoms with Gasteiger partial charge in [0.15, 0.2) is 10.8 Å². The van der Waals surface area contributed by atoms with Gasteiger partial charge in [0.1, 0.15) is 5.01 Å². The first kappa shape index (κ1) is 18.6. The molecule has 0 saturated heterocycles. The van der Waals surface area contributed by atoms with Crippen molar-refractivity contribution in [2.45, 2.75) is 16.5 Å². The van der Waals surface area contributed by atoms with E-state index in [0.717, 1.165) is 5.01 Å². The minimum Gasteiger partial charge on any atom is -0.313 e. The van der Waals surface area contributed by atoms with Gasteiger partial charge in [-0.15, -0.1) is 10.2 Å². The van der Waals surface area contributed by atoms with Gasteiger partial charge in [0, 0.05) is 5.02 Å². The highest BCUT2D eigenvalue weighted by molar-refractivity contribution is 7.91. The molecule has 136 valence electrons. The number of hydrogen-bond donors (Lipinski definition) is 1. The number of sulfone groups is 1. The quantitative estimate of drug-likeness (QED) is 0.661. The van der Waals surface area contributed by atoms with Crippen LogP contribution in [-0.4, -0.2) is 47.6 Å². The van der Waals surface area contributed by atoms with E-state index >= 15 is 0 Å². The van der Waals surface area contributed by atoms with Crippen LogP contribution in [0.3, 0.4) is 0 Å². The molecule has 3 rings (SSSR count). The average Bonchev–Trinajstić information content (AvgIpc) is 3.02. The maximum absolute atomic E-state index is 12.5. The molecule has 0 aliphatic carbocycles. The molecule has 0 atom stereocenters. The minimum absolute atomic E-state index is 0.106. The monoisotopic (exact) mass is 410 g/mol. The fourth-order valence-electron chi connectivity index (χ4n) is 2.00. The van der Waals surface area contributed by atoms with E-state index in [1.54, 1.807) is 0 Å². The zero-order valence-electron chi connectivity index (χ0n) is 13.9. The number of aromatic nitrogens is 4. The van der Waals surface area contributed by atoms with Crippen LogP contribution >= 0.6 is 22.9 Å². The van der Waals surface area contributed by atoms with Gasteiger partial charge in [-0.25, -0.2) is 18.4 Å². The predicted molar refractivity (Wildman–Crippen MR) is 99.5 cm³/mol. The van der Waals surface area contributed by atoms with Crippen LogP contribution in [0.2, 0.25) is 5.02 Å². The number of hydrogen-bond acceptors (Lipinski definition) is 9. The molecule has 0 aliphatic rings. The van der Waals surface area contributed by atoms with Crippen LogP contribution in [0.1, 0.15) is 5.01 Å². The molecule has 0 radical (unpaired) electrons. The second-order valence-electron chi connectivity index (χ2n) is 5.56. The molecule has 0 unspecified atom stereocenters. The van der Waals surface area contributed by atoms with E-state index in [1.165, 1.54) is 48.0 Å². The predicted octanol–water partition coefficient (Wildman–Crippen LogP) is 2.62. The summed E-state index contributed by atoms with van der Waals surface area (Å²) in [5.41, 5.74) is 0. The maximum Gasteiger partial charge on any atom is 0.225 e. The van der Waals surface area contributed by atoms with Crippen LogP contribution in [-0.2, 0) is 16.4 Å². The van der Waals surface area contributed by atoms with Gasteiger partial charge in [-0.3, -0.25) is 0 Å². The molecular formula is C15H15ClN6O2S2. The summed E-state index contributed by atoms with van der Waals surface area (Å²) >= 11 is 7.18. The van der Waals surface area contributed by atoms with Crippen molar-refractivity contribution >= 4 is 43.7 Å². The van der Waals surface area contributed by atoms with E-state index < -0.39 is 9.84 Å². The van der Waals surface area contributed by atoms with Gasteiger partial charge in [0.25, 0.3) is 0 Å². The molecule has 0 spiro atoms. The second-order valence-corrected chi connectivity index (χ2v) is 8.96. The zero-order chi connectivity index (χ0) is 18.7. The molecule has 26 heavy (non-hydrogen) atoms. The summed E-state index contributed by atoms with van der Waals surface area (Å²) in [4.78, 5) is 10.2. The van der Waals surface area contributed by atoms with Crippen molar-refractivity contribution in [3.8, 4) is 0 Å². The molecule has 0 bridgehead atoms. The molecule has 2 aromatic heterocycles. The highest BCUT2D eigenvalue weighted by Gasteiger charge is 2.19. The van der Waals surface area contributed by atoms with Gasteiger partial charge in [-0.1, -0.05) is 22.9 Å². The third-order valence-corrected chi connectivity index (χ3v) is 5.91. The Hall–Kier alpha value is -2.14. The molecule has 8 nitrogen and oxygen atoms in total. The van der Waals surface area contributed by atoms with Crippen molar-refractivity contribution in [3.05, 3.63) is 46.7 Å². The molecule has 0 aliphatic heterocycles. The Morgan fingerprint density at radius 2 is 1.85 bits per heavy atom. The smallest absolute Gasteiger partial charge is 0.225 e. The highest BCUT2D eigenvalue weighted by Crippen LogP contribution is 2.23. The maximum atomic E-state index is 12.5. The molecule has 0 amide bonds. The summed E-state index contributed by atoms with van der Waals surface area (Å²) < 4.78 is 25.1. The normalized spacial score (nSPS) is 11.7. The van der Waals surface area contributed by atoms with E-state index in [4.69, 9.17) is 11.6 Å². The number of rotatable bonds is 6. The number of nitrogens with zero attached hydrogens (tertiary/aromatic N) is 5. The first-order valence-corrected chi connectivity index (χ1v) is 10.1. The van der Waals surface area contributed by atoms with Gasteiger partial charge >= 0.3 is 0 Å². The Morgan fingerprint density at radius 1 is 1.12 bits per heavy atom. The Kier molecular flexibility index (Phi) is 5.47. The highest BCUT2D eigenvalue weighted by atomic mass is 35.5. The van der Waals surface area contributed by atoms with Crippen LogP contribution in [0, 0.1) is 0 Å². The largest absolute Gasteiger partial charge is 0.313 e. The number of anilines is 2. The SMILES string of the molecule is CN(C)Cc1nnc(Nc2cnc(S(=O)(=O)c3ccc(Cl)cc3)cn2)s1. The topological polar surface area (TPSA) is 101 Å². The number of nitrogens with one attached hydrogen (secondary N) is 1. The van der Waals surface area contributed by atoms with Crippen LogP contribution in [0.15, 0.2) is 46.6 Å². The van der Waals surface area contributed by atoms with E-state index in [2.05, 4.69) is 25.5 Å². The Bertz CT molecular complexity index is 988. The van der Waals surface area contributed by atoms with Crippen LogP contribution in [0.25, 0.3) is 0 Å². The van der Waals surface area contributed by atoms with E-state index in [1.807, 2.05) is 19.0 Å². The van der Waals surface area contributed by atoms with E-state index in [9.17, 15) is 8.42 Å². The van der Waals surface area contributed by atoms with Gasteiger partial charge in [-0.05, 0) is 38.4 Å². The summed E-state index contributed by atoms with van der Waals surface area (Å²) in [7, 11) is 0.143. The molecular weight excluding hydrogens is 396 g/mol. The molecule has 3 aromatic rings. The summed E-state index contributed by atoms with van der Waals surface area (Å²) in [6.45, 7) is 0.684. The fraction of sp³-hybridized carbons (Fsp3) is 0.200. The Balaban J connectivity index is 1.76. The lowest BCUT2D eigenvalue weighted by Crippen LogP contribution is -2.10. The summed E-state index contributed by atoms with van der Waals surface area (Å²) in [6.07, 6.45) is 2.55. The number of halogens is 1. The Labute approximate surface area is 159 Å². The van der Waals surface area contributed by atoms with Crippen LogP contribution in [0.4, 0.5) is 10.9 Å².